The predicted octanol–water partition coefficient (Wildman–Crippen LogP) is 1.65. The van der Waals surface area contributed by atoms with Crippen LogP contribution in [0.3, 0.4) is 0 Å². The molecule has 1 aromatic heterocycles. The molecule has 1 heterocycles. The SMILES string of the molecule is CC(CN)SCc1ncc(Cl)n1C. The summed E-state index contributed by atoms with van der Waals surface area (Å²) < 4.78 is 1.89. The first kappa shape index (κ1) is 10.9. The Balaban J connectivity index is 2.50. The van der Waals surface area contributed by atoms with Gasteiger partial charge in [-0.25, -0.2) is 4.98 Å². The molecule has 5 heteroatoms. The van der Waals surface area contributed by atoms with Gasteiger partial charge in [-0.1, -0.05) is 18.5 Å². The van der Waals surface area contributed by atoms with E-state index in [9.17, 15) is 0 Å². The van der Waals surface area contributed by atoms with Crippen LogP contribution in [-0.4, -0.2) is 21.3 Å². The van der Waals surface area contributed by atoms with Gasteiger partial charge in [-0.2, -0.15) is 0 Å². The Labute approximate surface area is 87.7 Å². The molecule has 1 aromatic rings. The van der Waals surface area contributed by atoms with Crippen LogP contribution in [-0.2, 0) is 12.8 Å². The van der Waals surface area contributed by atoms with Crippen molar-refractivity contribution in [2.45, 2.75) is 17.9 Å². The van der Waals surface area contributed by atoms with E-state index in [-0.39, 0.29) is 0 Å². The topological polar surface area (TPSA) is 43.8 Å². The Bertz CT molecular complexity index is 274. The van der Waals surface area contributed by atoms with Gasteiger partial charge >= 0.3 is 0 Å². The van der Waals surface area contributed by atoms with E-state index in [1.165, 1.54) is 0 Å². The maximum absolute atomic E-state index is 5.85. The molecule has 0 aliphatic carbocycles. The van der Waals surface area contributed by atoms with Gasteiger partial charge in [0, 0.05) is 18.8 Å². The third kappa shape index (κ3) is 2.90. The van der Waals surface area contributed by atoms with Crippen LogP contribution in [0.4, 0.5) is 0 Å². The Hall–Kier alpha value is -0.190. The lowest BCUT2D eigenvalue weighted by atomic mass is 10.5. The zero-order valence-electron chi connectivity index (χ0n) is 7.83. The van der Waals surface area contributed by atoms with Crippen molar-refractivity contribution in [1.29, 1.82) is 0 Å². The van der Waals surface area contributed by atoms with Crippen LogP contribution in [0.1, 0.15) is 12.7 Å². The Morgan fingerprint density at radius 3 is 2.92 bits per heavy atom. The van der Waals surface area contributed by atoms with E-state index in [1.54, 1.807) is 18.0 Å². The molecule has 0 fully saturated rings. The highest BCUT2D eigenvalue weighted by Gasteiger charge is 2.06. The minimum Gasteiger partial charge on any atom is -0.329 e. The van der Waals surface area contributed by atoms with Gasteiger partial charge in [0.05, 0.1) is 11.9 Å². The normalized spacial score (nSPS) is 13.2. The van der Waals surface area contributed by atoms with E-state index in [4.69, 9.17) is 17.3 Å². The Morgan fingerprint density at radius 1 is 1.77 bits per heavy atom. The van der Waals surface area contributed by atoms with Gasteiger partial charge in [0.15, 0.2) is 0 Å². The molecule has 3 nitrogen and oxygen atoms in total. The monoisotopic (exact) mass is 219 g/mol. The molecule has 0 aliphatic heterocycles. The molecule has 0 radical (unpaired) electrons. The van der Waals surface area contributed by atoms with Crippen molar-refractivity contribution >= 4 is 23.4 Å². The molecule has 0 saturated heterocycles. The molecule has 0 amide bonds. The zero-order chi connectivity index (χ0) is 9.84. The molecule has 0 spiro atoms. The highest BCUT2D eigenvalue weighted by atomic mass is 35.5. The molecule has 0 aliphatic rings. The lowest BCUT2D eigenvalue weighted by Crippen LogP contribution is -2.13. The summed E-state index contributed by atoms with van der Waals surface area (Å²) in [5.41, 5.74) is 5.51. The fourth-order valence-electron chi connectivity index (χ4n) is 0.843. The number of rotatable bonds is 4. The van der Waals surface area contributed by atoms with Crippen molar-refractivity contribution in [1.82, 2.24) is 9.55 Å². The zero-order valence-corrected chi connectivity index (χ0v) is 9.40. The van der Waals surface area contributed by atoms with Crippen LogP contribution in [0.2, 0.25) is 5.15 Å². The van der Waals surface area contributed by atoms with Crippen LogP contribution < -0.4 is 5.73 Å². The molecule has 1 rings (SSSR count). The molecular formula is C8H14ClN3S. The molecule has 2 N–H and O–H groups in total. The minimum atomic E-state index is 0.468. The van der Waals surface area contributed by atoms with E-state index in [0.717, 1.165) is 11.6 Å². The maximum Gasteiger partial charge on any atom is 0.128 e. The number of halogens is 1. The predicted molar refractivity (Wildman–Crippen MR) is 58.0 cm³/mol. The molecule has 1 unspecified atom stereocenters. The van der Waals surface area contributed by atoms with E-state index < -0.39 is 0 Å². The number of aromatic nitrogens is 2. The van der Waals surface area contributed by atoms with Crippen LogP contribution in [0.5, 0.6) is 0 Å². The first-order chi connectivity index (χ1) is 6.15. The van der Waals surface area contributed by atoms with Crippen molar-refractivity contribution in [3.8, 4) is 0 Å². The average Bonchev–Trinajstić information content (AvgIpc) is 2.44. The van der Waals surface area contributed by atoms with Crippen molar-refractivity contribution in [2.75, 3.05) is 6.54 Å². The van der Waals surface area contributed by atoms with Crippen molar-refractivity contribution in [2.24, 2.45) is 12.8 Å². The summed E-state index contributed by atoms with van der Waals surface area (Å²) in [6.07, 6.45) is 1.67. The van der Waals surface area contributed by atoms with Gasteiger partial charge in [-0.3, -0.25) is 0 Å². The fourth-order valence-corrected chi connectivity index (χ4v) is 1.83. The number of nitrogens with two attached hydrogens (primary N) is 1. The molecule has 0 aromatic carbocycles. The second kappa shape index (κ2) is 4.88. The number of thioether (sulfide) groups is 1. The highest BCUT2D eigenvalue weighted by Crippen LogP contribution is 2.18. The molecule has 0 saturated carbocycles. The van der Waals surface area contributed by atoms with Crippen LogP contribution in [0.25, 0.3) is 0 Å². The lowest BCUT2D eigenvalue weighted by molar-refractivity contribution is 0.846. The number of hydrogen-bond acceptors (Lipinski definition) is 3. The Morgan fingerprint density at radius 2 is 2.46 bits per heavy atom. The highest BCUT2D eigenvalue weighted by molar-refractivity contribution is 7.99. The van der Waals surface area contributed by atoms with Gasteiger partial charge in [0.25, 0.3) is 0 Å². The van der Waals surface area contributed by atoms with Gasteiger partial charge in [0.1, 0.15) is 11.0 Å². The van der Waals surface area contributed by atoms with Crippen molar-refractivity contribution in [3.63, 3.8) is 0 Å². The summed E-state index contributed by atoms with van der Waals surface area (Å²) in [5.74, 6) is 1.86. The van der Waals surface area contributed by atoms with Gasteiger partial charge in [-0.05, 0) is 0 Å². The number of imidazole rings is 1. The summed E-state index contributed by atoms with van der Waals surface area (Å²) in [4.78, 5) is 4.19. The van der Waals surface area contributed by atoms with Gasteiger partial charge in [-0.15, -0.1) is 11.8 Å². The van der Waals surface area contributed by atoms with E-state index >= 15 is 0 Å². The number of hydrogen-bond donors (Lipinski definition) is 1. The molecular weight excluding hydrogens is 206 g/mol. The Kier molecular flexibility index (Phi) is 4.09. The summed E-state index contributed by atoms with van der Waals surface area (Å²) in [5, 5.41) is 1.14. The van der Waals surface area contributed by atoms with Crippen molar-refractivity contribution in [3.05, 3.63) is 17.2 Å². The molecule has 0 bridgehead atoms. The third-order valence-corrected chi connectivity index (χ3v) is 3.39. The second-order valence-corrected chi connectivity index (χ2v) is 4.73. The minimum absolute atomic E-state index is 0.468. The van der Waals surface area contributed by atoms with Gasteiger partial charge in [0.2, 0.25) is 0 Å². The van der Waals surface area contributed by atoms with Crippen LogP contribution >= 0.6 is 23.4 Å². The second-order valence-electron chi connectivity index (χ2n) is 2.91. The first-order valence-corrected chi connectivity index (χ1v) is 5.55. The quantitative estimate of drug-likeness (QED) is 0.838. The van der Waals surface area contributed by atoms with Gasteiger partial charge < -0.3 is 10.3 Å². The summed E-state index contributed by atoms with van der Waals surface area (Å²) >= 11 is 7.64. The van der Waals surface area contributed by atoms with E-state index in [2.05, 4.69) is 11.9 Å². The molecule has 1 atom stereocenters. The standard InChI is InChI=1S/C8H14ClN3S/c1-6(3-10)13-5-8-11-4-7(9)12(8)2/h4,6H,3,5,10H2,1-2H3. The summed E-state index contributed by atoms with van der Waals surface area (Å²) in [6.45, 7) is 2.80. The third-order valence-electron chi connectivity index (χ3n) is 1.86. The van der Waals surface area contributed by atoms with E-state index in [1.807, 2.05) is 11.6 Å². The maximum atomic E-state index is 5.85. The van der Waals surface area contributed by atoms with E-state index in [0.29, 0.717) is 16.9 Å². The largest absolute Gasteiger partial charge is 0.329 e. The molecule has 13 heavy (non-hydrogen) atoms. The summed E-state index contributed by atoms with van der Waals surface area (Å²) in [7, 11) is 1.92. The molecule has 74 valence electrons. The van der Waals surface area contributed by atoms with Crippen LogP contribution in [0, 0.1) is 0 Å². The lowest BCUT2D eigenvalue weighted by Gasteiger charge is -2.07. The first-order valence-electron chi connectivity index (χ1n) is 4.13. The fraction of sp³-hybridized carbons (Fsp3) is 0.625. The smallest absolute Gasteiger partial charge is 0.128 e. The summed E-state index contributed by atoms with van der Waals surface area (Å²) in [6, 6.07) is 0. The number of nitrogens with zero attached hydrogens (tertiary/aromatic N) is 2. The van der Waals surface area contributed by atoms with Crippen LogP contribution in [0.15, 0.2) is 6.20 Å². The van der Waals surface area contributed by atoms with Crippen molar-refractivity contribution < 1.29 is 0 Å². The average molecular weight is 220 g/mol.